The molecule has 1 amide bonds. The molecule has 2 rings (SSSR count). The average molecular weight is 353 g/mol. The zero-order valence-corrected chi connectivity index (χ0v) is 14.5. The quantitative estimate of drug-likeness (QED) is 0.851. The standard InChI is InChI=1S/C17H18Cl2N2O2/c1-21(10-12-6-7-13(18)8-16(12)19)11-17(22)20-14-4-3-5-15(9-14)23-2/h3-9H,10-11H2,1-2H3,(H,20,22). The number of hydrogen-bond acceptors (Lipinski definition) is 3. The van der Waals surface area contributed by atoms with Crippen molar-refractivity contribution in [2.75, 3.05) is 26.0 Å². The Morgan fingerprint density at radius 1 is 1.22 bits per heavy atom. The summed E-state index contributed by atoms with van der Waals surface area (Å²) in [5, 5.41) is 4.03. The zero-order valence-electron chi connectivity index (χ0n) is 13.0. The summed E-state index contributed by atoms with van der Waals surface area (Å²) in [6, 6.07) is 12.6. The number of nitrogens with zero attached hydrogens (tertiary/aromatic N) is 1. The molecule has 0 saturated carbocycles. The van der Waals surface area contributed by atoms with E-state index in [9.17, 15) is 4.79 Å². The van der Waals surface area contributed by atoms with Crippen LogP contribution in [0.4, 0.5) is 5.69 Å². The number of anilines is 1. The molecule has 0 aromatic heterocycles. The molecule has 6 heteroatoms. The monoisotopic (exact) mass is 352 g/mol. The van der Waals surface area contributed by atoms with Crippen LogP contribution in [0.2, 0.25) is 10.0 Å². The molecular weight excluding hydrogens is 335 g/mol. The smallest absolute Gasteiger partial charge is 0.238 e. The maximum absolute atomic E-state index is 12.1. The van der Waals surface area contributed by atoms with E-state index in [4.69, 9.17) is 27.9 Å². The summed E-state index contributed by atoms with van der Waals surface area (Å²) in [6.45, 7) is 0.803. The van der Waals surface area contributed by atoms with Gasteiger partial charge < -0.3 is 10.1 Å². The van der Waals surface area contributed by atoms with E-state index in [-0.39, 0.29) is 12.5 Å². The van der Waals surface area contributed by atoms with Crippen LogP contribution in [-0.2, 0) is 11.3 Å². The highest BCUT2D eigenvalue weighted by Crippen LogP contribution is 2.22. The Morgan fingerprint density at radius 2 is 2.00 bits per heavy atom. The third-order valence-electron chi connectivity index (χ3n) is 3.22. The fourth-order valence-electron chi connectivity index (χ4n) is 2.14. The highest BCUT2D eigenvalue weighted by Gasteiger charge is 2.10. The fraction of sp³-hybridized carbons (Fsp3) is 0.235. The summed E-state index contributed by atoms with van der Waals surface area (Å²) in [6.07, 6.45) is 0. The van der Waals surface area contributed by atoms with E-state index >= 15 is 0 Å². The van der Waals surface area contributed by atoms with E-state index in [2.05, 4.69) is 5.32 Å². The van der Waals surface area contributed by atoms with E-state index in [1.165, 1.54) is 0 Å². The maximum atomic E-state index is 12.1. The maximum Gasteiger partial charge on any atom is 0.238 e. The number of methoxy groups -OCH3 is 1. The summed E-state index contributed by atoms with van der Waals surface area (Å²) in [5.74, 6) is 0.593. The number of hydrogen-bond donors (Lipinski definition) is 1. The van der Waals surface area contributed by atoms with Crippen molar-refractivity contribution in [1.82, 2.24) is 4.90 Å². The third kappa shape index (κ3) is 5.43. The van der Waals surface area contributed by atoms with E-state index in [0.29, 0.717) is 28.0 Å². The lowest BCUT2D eigenvalue weighted by Crippen LogP contribution is -2.29. The van der Waals surface area contributed by atoms with Crippen LogP contribution in [-0.4, -0.2) is 31.5 Å². The van der Waals surface area contributed by atoms with Gasteiger partial charge in [-0.25, -0.2) is 0 Å². The first-order valence-electron chi connectivity index (χ1n) is 7.04. The molecule has 2 aromatic rings. The minimum absolute atomic E-state index is 0.106. The topological polar surface area (TPSA) is 41.6 Å². The Bertz CT molecular complexity index is 692. The van der Waals surface area contributed by atoms with E-state index in [0.717, 1.165) is 5.56 Å². The largest absolute Gasteiger partial charge is 0.497 e. The number of ether oxygens (including phenoxy) is 1. The van der Waals surface area contributed by atoms with Crippen molar-refractivity contribution >= 4 is 34.8 Å². The van der Waals surface area contributed by atoms with Crippen molar-refractivity contribution in [1.29, 1.82) is 0 Å². The van der Waals surface area contributed by atoms with E-state index in [1.54, 1.807) is 25.3 Å². The molecule has 1 N–H and O–H groups in total. The summed E-state index contributed by atoms with van der Waals surface area (Å²) < 4.78 is 5.13. The van der Waals surface area contributed by atoms with Gasteiger partial charge in [0.05, 0.1) is 13.7 Å². The second-order valence-electron chi connectivity index (χ2n) is 5.19. The van der Waals surface area contributed by atoms with E-state index in [1.807, 2.05) is 36.2 Å². The lowest BCUT2D eigenvalue weighted by molar-refractivity contribution is -0.117. The predicted molar refractivity (Wildman–Crippen MR) is 94.4 cm³/mol. The first kappa shape index (κ1) is 17.6. The van der Waals surface area contributed by atoms with Crippen molar-refractivity contribution in [2.45, 2.75) is 6.54 Å². The molecule has 0 bridgehead atoms. The molecule has 23 heavy (non-hydrogen) atoms. The Hall–Kier alpha value is -1.75. The van der Waals surface area contributed by atoms with Crippen LogP contribution in [0.5, 0.6) is 5.75 Å². The van der Waals surface area contributed by atoms with Crippen molar-refractivity contribution in [3.63, 3.8) is 0 Å². The minimum atomic E-state index is -0.106. The van der Waals surface area contributed by atoms with Crippen LogP contribution in [0.25, 0.3) is 0 Å². The van der Waals surface area contributed by atoms with Crippen LogP contribution < -0.4 is 10.1 Å². The molecule has 0 aliphatic carbocycles. The molecule has 0 aliphatic rings. The van der Waals surface area contributed by atoms with Crippen molar-refractivity contribution in [3.8, 4) is 5.75 Å². The Kier molecular flexibility index (Phi) is 6.28. The number of carbonyl (C=O) groups is 1. The van der Waals surface area contributed by atoms with Gasteiger partial charge >= 0.3 is 0 Å². The van der Waals surface area contributed by atoms with Gasteiger partial charge in [0, 0.05) is 28.3 Å². The lowest BCUT2D eigenvalue weighted by atomic mass is 10.2. The summed E-state index contributed by atoms with van der Waals surface area (Å²) >= 11 is 12.0. The molecule has 0 heterocycles. The predicted octanol–water partition coefficient (Wildman–Crippen LogP) is 4.07. The van der Waals surface area contributed by atoms with Gasteiger partial charge in [-0.05, 0) is 36.9 Å². The minimum Gasteiger partial charge on any atom is -0.497 e. The highest BCUT2D eigenvalue weighted by molar-refractivity contribution is 6.35. The molecule has 0 aliphatic heterocycles. The fourth-order valence-corrected chi connectivity index (χ4v) is 2.61. The van der Waals surface area contributed by atoms with Gasteiger partial charge in [-0.3, -0.25) is 9.69 Å². The summed E-state index contributed by atoms with van der Waals surface area (Å²) in [4.78, 5) is 14.0. The molecule has 0 unspecified atom stereocenters. The van der Waals surface area contributed by atoms with Gasteiger partial charge in [0.1, 0.15) is 5.75 Å². The van der Waals surface area contributed by atoms with Crippen LogP contribution in [0.3, 0.4) is 0 Å². The first-order valence-corrected chi connectivity index (χ1v) is 7.80. The summed E-state index contributed by atoms with van der Waals surface area (Å²) in [7, 11) is 3.45. The van der Waals surface area contributed by atoms with Gasteiger partial charge in [-0.2, -0.15) is 0 Å². The number of halogens is 2. The molecule has 0 fully saturated rings. The SMILES string of the molecule is COc1cccc(NC(=O)CN(C)Cc2ccc(Cl)cc2Cl)c1. The van der Waals surface area contributed by atoms with Gasteiger partial charge in [-0.1, -0.05) is 35.3 Å². The van der Waals surface area contributed by atoms with Crippen LogP contribution in [0.1, 0.15) is 5.56 Å². The molecule has 2 aromatic carbocycles. The van der Waals surface area contributed by atoms with Crippen molar-refractivity contribution in [3.05, 3.63) is 58.1 Å². The van der Waals surface area contributed by atoms with Gasteiger partial charge in [0.15, 0.2) is 0 Å². The lowest BCUT2D eigenvalue weighted by Gasteiger charge is -2.17. The Labute approximate surface area is 146 Å². The zero-order chi connectivity index (χ0) is 16.8. The number of nitrogens with one attached hydrogen (secondary N) is 1. The number of benzene rings is 2. The number of likely N-dealkylation sites (N-methyl/N-ethyl adjacent to an activating group) is 1. The molecule has 122 valence electrons. The molecule has 0 atom stereocenters. The normalized spacial score (nSPS) is 10.7. The van der Waals surface area contributed by atoms with Crippen LogP contribution in [0.15, 0.2) is 42.5 Å². The third-order valence-corrected chi connectivity index (χ3v) is 3.81. The van der Waals surface area contributed by atoms with Crippen molar-refractivity contribution < 1.29 is 9.53 Å². The molecular formula is C17H18Cl2N2O2. The number of amides is 1. The average Bonchev–Trinajstić information content (AvgIpc) is 2.50. The second kappa shape index (κ2) is 8.20. The van der Waals surface area contributed by atoms with Crippen LogP contribution >= 0.6 is 23.2 Å². The molecule has 4 nitrogen and oxygen atoms in total. The van der Waals surface area contributed by atoms with Crippen LogP contribution in [0, 0.1) is 0 Å². The molecule has 0 radical (unpaired) electrons. The van der Waals surface area contributed by atoms with E-state index < -0.39 is 0 Å². The second-order valence-corrected chi connectivity index (χ2v) is 6.03. The Balaban J connectivity index is 1.91. The van der Waals surface area contributed by atoms with Crippen molar-refractivity contribution in [2.24, 2.45) is 0 Å². The highest BCUT2D eigenvalue weighted by atomic mass is 35.5. The number of carbonyl (C=O) groups excluding carboxylic acids is 1. The Morgan fingerprint density at radius 3 is 2.70 bits per heavy atom. The first-order chi connectivity index (χ1) is 11.0. The van der Waals surface area contributed by atoms with Gasteiger partial charge in [0.2, 0.25) is 5.91 Å². The van der Waals surface area contributed by atoms with Gasteiger partial charge in [0.25, 0.3) is 0 Å². The molecule has 0 saturated heterocycles. The van der Waals surface area contributed by atoms with Gasteiger partial charge in [-0.15, -0.1) is 0 Å². The summed E-state index contributed by atoms with van der Waals surface area (Å²) in [5.41, 5.74) is 1.63. The number of rotatable bonds is 6. The molecule has 0 spiro atoms.